The predicted molar refractivity (Wildman–Crippen MR) is 88.6 cm³/mol. The topological polar surface area (TPSA) is 17.0 Å². The molecule has 0 bridgehead atoms. The molecule has 2 aromatic rings. The van der Waals surface area contributed by atoms with E-state index >= 15 is 0 Å². The molecular formula is C18H28N2. The fourth-order valence-corrected chi connectivity index (χ4v) is 3.12. The first-order chi connectivity index (χ1) is 9.43. The van der Waals surface area contributed by atoms with Crippen molar-refractivity contribution in [3.8, 4) is 0 Å². The van der Waals surface area contributed by atoms with Gasteiger partial charge in [0, 0.05) is 24.2 Å². The van der Waals surface area contributed by atoms with Gasteiger partial charge in [0.2, 0.25) is 0 Å². The Morgan fingerprint density at radius 1 is 1.10 bits per heavy atom. The molecule has 0 atom stereocenters. The summed E-state index contributed by atoms with van der Waals surface area (Å²) in [6, 6.07) is 5.07. The summed E-state index contributed by atoms with van der Waals surface area (Å²) >= 11 is 0. The van der Waals surface area contributed by atoms with Crippen molar-refractivity contribution in [3.05, 3.63) is 34.5 Å². The molecule has 0 aliphatic rings. The molecule has 0 radical (unpaired) electrons. The van der Waals surface area contributed by atoms with Gasteiger partial charge >= 0.3 is 0 Å². The first kappa shape index (κ1) is 15.1. The zero-order chi connectivity index (χ0) is 14.9. The van der Waals surface area contributed by atoms with Crippen molar-refractivity contribution in [2.24, 2.45) is 7.05 Å². The minimum Gasteiger partial charge on any atom is -0.347 e. The first-order valence-corrected chi connectivity index (χ1v) is 7.71. The maximum Gasteiger partial charge on any atom is 0.0515 e. The zero-order valence-corrected chi connectivity index (χ0v) is 13.8. The van der Waals surface area contributed by atoms with Crippen LogP contribution in [0.25, 0.3) is 10.9 Å². The van der Waals surface area contributed by atoms with Crippen LogP contribution in [0.15, 0.2) is 12.1 Å². The van der Waals surface area contributed by atoms with E-state index in [1.165, 1.54) is 39.7 Å². The lowest BCUT2D eigenvalue weighted by molar-refractivity contribution is 0.570. The highest BCUT2D eigenvalue weighted by Crippen LogP contribution is 2.31. The molecule has 0 saturated heterocycles. The van der Waals surface area contributed by atoms with Crippen LogP contribution in [0.5, 0.6) is 0 Å². The van der Waals surface area contributed by atoms with E-state index in [2.05, 4.69) is 63.7 Å². The van der Waals surface area contributed by atoms with Gasteiger partial charge in [0.25, 0.3) is 0 Å². The van der Waals surface area contributed by atoms with Crippen molar-refractivity contribution in [3.63, 3.8) is 0 Å². The lowest BCUT2D eigenvalue weighted by atomic mass is 10.00. The molecule has 2 heteroatoms. The highest BCUT2D eigenvalue weighted by atomic mass is 14.9. The van der Waals surface area contributed by atoms with Crippen LogP contribution < -0.4 is 5.32 Å². The summed E-state index contributed by atoms with van der Waals surface area (Å²) in [5.74, 6) is 0. The minimum atomic E-state index is 0.576. The van der Waals surface area contributed by atoms with Gasteiger partial charge < -0.3 is 9.88 Å². The third-order valence-corrected chi connectivity index (χ3v) is 4.32. The van der Waals surface area contributed by atoms with E-state index in [-0.39, 0.29) is 0 Å². The predicted octanol–water partition coefficient (Wildman–Crippen LogP) is 4.03. The zero-order valence-electron chi connectivity index (χ0n) is 13.8. The summed E-state index contributed by atoms with van der Waals surface area (Å²) in [5, 5.41) is 4.99. The van der Waals surface area contributed by atoms with Gasteiger partial charge in [-0.25, -0.2) is 0 Å². The number of nitrogens with one attached hydrogen (secondary N) is 1. The molecule has 0 aliphatic carbocycles. The molecule has 2 rings (SSSR count). The maximum absolute atomic E-state index is 3.51. The number of nitrogens with zero attached hydrogens (tertiary/aromatic N) is 1. The van der Waals surface area contributed by atoms with Crippen LogP contribution in [0.4, 0.5) is 0 Å². The average molecular weight is 272 g/mol. The molecular weight excluding hydrogens is 244 g/mol. The van der Waals surface area contributed by atoms with Gasteiger partial charge in [0.05, 0.1) is 5.52 Å². The fraction of sp³-hybridized carbons (Fsp3) is 0.556. The van der Waals surface area contributed by atoms with E-state index in [1.807, 2.05) is 0 Å². The summed E-state index contributed by atoms with van der Waals surface area (Å²) in [6.45, 7) is 12.2. The Labute approximate surface area is 123 Å². The largest absolute Gasteiger partial charge is 0.347 e. The molecule has 0 aliphatic heterocycles. The third-order valence-electron chi connectivity index (χ3n) is 4.32. The van der Waals surface area contributed by atoms with E-state index in [4.69, 9.17) is 0 Å². The molecule has 0 amide bonds. The van der Waals surface area contributed by atoms with Crippen LogP contribution in [0.3, 0.4) is 0 Å². The number of aryl methyl sites for hydroxylation is 4. The number of aromatic nitrogens is 1. The molecule has 1 aromatic carbocycles. The molecule has 2 nitrogen and oxygen atoms in total. The van der Waals surface area contributed by atoms with Gasteiger partial charge in [-0.1, -0.05) is 26.0 Å². The monoisotopic (exact) mass is 272 g/mol. The molecule has 1 N–H and O–H groups in total. The molecule has 0 saturated carbocycles. The van der Waals surface area contributed by atoms with E-state index < -0.39 is 0 Å². The van der Waals surface area contributed by atoms with Crippen LogP contribution >= 0.6 is 0 Å². The van der Waals surface area contributed by atoms with Crippen molar-refractivity contribution >= 4 is 10.9 Å². The number of fused-ring (bicyclic) bond motifs is 1. The number of hydrogen-bond donors (Lipinski definition) is 1. The average Bonchev–Trinajstić information content (AvgIpc) is 2.64. The van der Waals surface area contributed by atoms with Gasteiger partial charge in [-0.2, -0.15) is 0 Å². The lowest BCUT2D eigenvalue weighted by Gasteiger charge is -2.08. The third kappa shape index (κ3) is 2.76. The van der Waals surface area contributed by atoms with Gasteiger partial charge in [0.1, 0.15) is 0 Å². The normalized spacial score (nSPS) is 11.8. The van der Waals surface area contributed by atoms with Crippen LogP contribution in [-0.4, -0.2) is 17.2 Å². The first-order valence-electron chi connectivity index (χ1n) is 7.71. The summed E-state index contributed by atoms with van der Waals surface area (Å²) in [6.07, 6.45) is 2.36. The molecule has 0 unspecified atom stereocenters. The second-order valence-corrected chi connectivity index (χ2v) is 6.26. The molecule has 0 spiro atoms. The summed E-state index contributed by atoms with van der Waals surface area (Å²) < 4.78 is 2.36. The van der Waals surface area contributed by atoms with Crippen molar-refractivity contribution in [2.45, 2.75) is 53.5 Å². The van der Waals surface area contributed by atoms with Crippen molar-refractivity contribution in [1.29, 1.82) is 0 Å². The Morgan fingerprint density at radius 3 is 2.40 bits per heavy atom. The molecule has 1 heterocycles. The SMILES string of the molecule is Cc1ccc(C)c2c1c(CCCNC(C)C)c(C)n2C. The second kappa shape index (κ2) is 6.01. The summed E-state index contributed by atoms with van der Waals surface area (Å²) in [5.41, 5.74) is 7.15. The van der Waals surface area contributed by atoms with E-state index in [1.54, 1.807) is 0 Å². The van der Waals surface area contributed by atoms with E-state index in [0.29, 0.717) is 6.04 Å². The van der Waals surface area contributed by atoms with Gasteiger partial charge in [0.15, 0.2) is 0 Å². The second-order valence-electron chi connectivity index (χ2n) is 6.26. The Bertz CT molecular complexity index is 606. The molecule has 110 valence electrons. The van der Waals surface area contributed by atoms with E-state index in [9.17, 15) is 0 Å². The summed E-state index contributed by atoms with van der Waals surface area (Å²) in [4.78, 5) is 0. The molecule has 0 fully saturated rings. The fourth-order valence-electron chi connectivity index (χ4n) is 3.12. The Morgan fingerprint density at radius 2 is 1.75 bits per heavy atom. The van der Waals surface area contributed by atoms with Crippen LogP contribution in [0.2, 0.25) is 0 Å². The van der Waals surface area contributed by atoms with Gasteiger partial charge in [-0.3, -0.25) is 0 Å². The van der Waals surface area contributed by atoms with Gasteiger partial charge in [-0.15, -0.1) is 0 Å². The maximum atomic E-state index is 3.51. The number of benzene rings is 1. The van der Waals surface area contributed by atoms with E-state index in [0.717, 1.165) is 13.0 Å². The van der Waals surface area contributed by atoms with Crippen molar-refractivity contribution in [1.82, 2.24) is 9.88 Å². The van der Waals surface area contributed by atoms with Crippen LogP contribution in [0, 0.1) is 20.8 Å². The van der Waals surface area contributed by atoms with Crippen molar-refractivity contribution in [2.75, 3.05) is 6.54 Å². The molecule has 1 aromatic heterocycles. The van der Waals surface area contributed by atoms with Gasteiger partial charge in [-0.05, 0) is 56.8 Å². The quantitative estimate of drug-likeness (QED) is 0.813. The highest BCUT2D eigenvalue weighted by Gasteiger charge is 2.15. The van der Waals surface area contributed by atoms with Crippen molar-refractivity contribution < 1.29 is 0 Å². The minimum absolute atomic E-state index is 0.576. The molecule has 20 heavy (non-hydrogen) atoms. The van der Waals surface area contributed by atoms with Crippen LogP contribution in [0.1, 0.15) is 42.7 Å². The Balaban J connectivity index is 2.33. The Kier molecular flexibility index (Phi) is 4.54. The Hall–Kier alpha value is -1.28. The number of rotatable bonds is 5. The van der Waals surface area contributed by atoms with Crippen LogP contribution in [-0.2, 0) is 13.5 Å². The standard InChI is InChI=1S/C18H28N2/c1-12(2)19-11-7-8-16-15(5)20(6)18-14(4)10-9-13(3)17(16)18/h9-10,12,19H,7-8,11H2,1-6H3. The number of hydrogen-bond acceptors (Lipinski definition) is 1. The smallest absolute Gasteiger partial charge is 0.0515 e. The highest BCUT2D eigenvalue weighted by molar-refractivity contribution is 5.91. The summed E-state index contributed by atoms with van der Waals surface area (Å²) in [7, 11) is 2.19. The lowest BCUT2D eigenvalue weighted by Crippen LogP contribution is -2.23.